The second-order valence-corrected chi connectivity index (χ2v) is 5.13. The molecule has 0 aromatic heterocycles. The van der Waals surface area contributed by atoms with Gasteiger partial charge in [0, 0.05) is 26.1 Å². The Morgan fingerprint density at radius 1 is 1.04 bits per heavy atom. The monoisotopic (exact) mass is 331 g/mol. The highest BCUT2D eigenvalue weighted by atomic mass is 16.7. The number of hydrogen-bond donors (Lipinski definition) is 0. The molecular weight excluding hydrogens is 306 g/mol. The highest BCUT2D eigenvalue weighted by Crippen LogP contribution is 2.12. The molecule has 1 unspecified atom stereocenters. The van der Waals surface area contributed by atoms with Crippen molar-refractivity contribution in [2.45, 2.75) is 45.6 Å². The Balaban J connectivity index is 2.26. The summed E-state index contributed by atoms with van der Waals surface area (Å²) in [6.45, 7) is 5.39. The van der Waals surface area contributed by atoms with Gasteiger partial charge in [-0.2, -0.15) is 0 Å². The van der Waals surface area contributed by atoms with Crippen molar-refractivity contribution in [3.8, 4) is 0 Å². The van der Waals surface area contributed by atoms with E-state index < -0.39 is 17.8 Å². The molecule has 1 atom stereocenters. The topological polar surface area (TPSA) is 91.4 Å². The van der Waals surface area contributed by atoms with Crippen LogP contribution in [0.2, 0.25) is 0 Å². The molecule has 8 nitrogen and oxygen atoms in total. The summed E-state index contributed by atoms with van der Waals surface area (Å²) in [5.41, 5.74) is 0. The molecule has 0 aliphatic carbocycles. The smallest absolute Gasteiger partial charge is 0.358 e. The van der Waals surface area contributed by atoms with Crippen LogP contribution in [0.25, 0.3) is 0 Å². The average molecular weight is 331 g/mol. The predicted molar refractivity (Wildman–Crippen MR) is 79.1 cm³/mol. The summed E-state index contributed by atoms with van der Waals surface area (Å²) >= 11 is 0. The number of carbonyl (C=O) groups is 3. The number of imide groups is 1. The first-order valence-electron chi connectivity index (χ1n) is 7.92. The molecular formula is C15H25NO7. The first-order valence-corrected chi connectivity index (χ1v) is 7.92. The quantitative estimate of drug-likeness (QED) is 0.386. The van der Waals surface area contributed by atoms with Crippen LogP contribution in [-0.4, -0.2) is 62.0 Å². The van der Waals surface area contributed by atoms with E-state index in [2.05, 4.69) is 0 Å². The molecule has 23 heavy (non-hydrogen) atoms. The lowest BCUT2D eigenvalue weighted by molar-refractivity contribution is -0.201. The van der Waals surface area contributed by atoms with Crippen LogP contribution in [0.15, 0.2) is 0 Å². The Kier molecular flexibility index (Phi) is 9.42. The van der Waals surface area contributed by atoms with Gasteiger partial charge >= 0.3 is 5.97 Å². The predicted octanol–water partition coefficient (Wildman–Crippen LogP) is 0.832. The Morgan fingerprint density at radius 2 is 1.65 bits per heavy atom. The van der Waals surface area contributed by atoms with Crippen molar-refractivity contribution in [2.75, 3.05) is 33.0 Å². The minimum atomic E-state index is -0.794. The van der Waals surface area contributed by atoms with E-state index in [-0.39, 0.29) is 32.2 Å². The highest BCUT2D eigenvalue weighted by Gasteiger charge is 2.32. The summed E-state index contributed by atoms with van der Waals surface area (Å²) in [7, 11) is 0. The highest BCUT2D eigenvalue weighted by molar-refractivity contribution is 6.01. The van der Waals surface area contributed by atoms with E-state index in [1.807, 2.05) is 13.8 Å². The summed E-state index contributed by atoms with van der Waals surface area (Å²) in [5.74, 6) is -1.82. The van der Waals surface area contributed by atoms with Crippen molar-refractivity contribution >= 4 is 17.8 Å². The van der Waals surface area contributed by atoms with E-state index in [0.717, 1.165) is 12.8 Å². The Hall–Kier alpha value is -1.51. The van der Waals surface area contributed by atoms with Crippen molar-refractivity contribution in [1.29, 1.82) is 0 Å². The lowest BCUT2D eigenvalue weighted by atomic mass is 10.4. The number of amides is 2. The second-order valence-electron chi connectivity index (χ2n) is 5.13. The van der Waals surface area contributed by atoms with Crippen molar-refractivity contribution < 1.29 is 33.4 Å². The van der Waals surface area contributed by atoms with Crippen LogP contribution in [0.4, 0.5) is 0 Å². The fraction of sp³-hybridized carbons (Fsp3) is 0.800. The molecule has 0 bridgehead atoms. The fourth-order valence-electron chi connectivity index (χ4n) is 1.85. The van der Waals surface area contributed by atoms with E-state index >= 15 is 0 Å². The summed E-state index contributed by atoms with van der Waals surface area (Å²) in [4.78, 5) is 38.9. The molecule has 1 heterocycles. The molecule has 1 aliphatic rings. The van der Waals surface area contributed by atoms with Crippen LogP contribution in [0.5, 0.6) is 0 Å². The van der Waals surface area contributed by atoms with Crippen LogP contribution >= 0.6 is 0 Å². The molecule has 1 saturated heterocycles. The Bertz CT molecular complexity index is 383. The third-order valence-electron chi connectivity index (χ3n) is 2.93. The standard InChI is InChI=1S/C15H25NO7/c1-3-7-20-9-12(22-8-4-2)10-21-11-15(19)23-16-13(17)5-6-14(16)18/h12H,3-11H2,1-2H3. The summed E-state index contributed by atoms with van der Waals surface area (Å²) in [6, 6.07) is 0. The van der Waals surface area contributed by atoms with Crippen molar-refractivity contribution in [1.82, 2.24) is 5.06 Å². The second kappa shape index (κ2) is 11.1. The van der Waals surface area contributed by atoms with Gasteiger partial charge in [0.25, 0.3) is 11.8 Å². The fourth-order valence-corrected chi connectivity index (χ4v) is 1.85. The lowest BCUT2D eigenvalue weighted by Crippen LogP contribution is -2.34. The van der Waals surface area contributed by atoms with Crippen LogP contribution in [0, 0.1) is 0 Å². The van der Waals surface area contributed by atoms with E-state index in [9.17, 15) is 14.4 Å². The number of nitrogens with zero attached hydrogens (tertiary/aromatic N) is 1. The third kappa shape index (κ3) is 7.54. The first kappa shape index (κ1) is 19.5. The van der Waals surface area contributed by atoms with E-state index in [0.29, 0.717) is 24.9 Å². The number of rotatable bonds is 12. The molecule has 0 radical (unpaired) electrons. The van der Waals surface area contributed by atoms with Crippen molar-refractivity contribution in [2.24, 2.45) is 0 Å². The minimum absolute atomic E-state index is 0.0642. The van der Waals surface area contributed by atoms with Crippen LogP contribution in [0.3, 0.4) is 0 Å². The maximum absolute atomic E-state index is 11.6. The SMILES string of the molecule is CCCOCC(COCC(=O)ON1C(=O)CCC1=O)OCCC. The molecule has 1 fully saturated rings. The van der Waals surface area contributed by atoms with Gasteiger partial charge in [-0.1, -0.05) is 13.8 Å². The molecule has 0 aromatic rings. The molecule has 2 amide bonds. The number of hydrogen-bond acceptors (Lipinski definition) is 7. The molecule has 0 aromatic carbocycles. The van der Waals surface area contributed by atoms with Crippen LogP contribution in [0.1, 0.15) is 39.5 Å². The average Bonchev–Trinajstić information content (AvgIpc) is 2.84. The Labute approximate surface area is 135 Å². The largest absolute Gasteiger partial charge is 0.379 e. The molecule has 0 saturated carbocycles. The van der Waals surface area contributed by atoms with Crippen LogP contribution < -0.4 is 0 Å². The van der Waals surface area contributed by atoms with Gasteiger partial charge in [0.1, 0.15) is 12.7 Å². The molecule has 132 valence electrons. The molecule has 0 spiro atoms. The third-order valence-corrected chi connectivity index (χ3v) is 2.93. The van der Waals surface area contributed by atoms with E-state index in [4.69, 9.17) is 19.0 Å². The van der Waals surface area contributed by atoms with Gasteiger partial charge in [0.15, 0.2) is 0 Å². The number of ether oxygens (including phenoxy) is 3. The molecule has 1 aliphatic heterocycles. The van der Waals surface area contributed by atoms with Gasteiger partial charge in [-0.3, -0.25) is 9.59 Å². The maximum atomic E-state index is 11.6. The van der Waals surface area contributed by atoms with Crippen molar-refractivity contribution in [3.05, 3.63) is 0 Å². The van der Waals surface area contributed by atoms with E-state index in [1.165, 1.54) is 0 Å². The van der Waals surface area contributed by atoms with E-state index in [1.54, 1.807) is 0 Å². The number of carbonyl (C=O) groups excluding carboxylic acids is 3. The van der Waals surface area contributed by atoms with Gasteiger partial charge in [-0.05, 0) is 12.8 Å². The maximum Gasteiger partial charge on any atom is 0.358 e. The molecule has 1 rings (SSSR count). The Morgan fingerprint density at radius 3 is 2.26 bits per heavy atom. The normalized spacial score (nSPS) is 16.0. The zero-order valence-electron chi connectivity index (χ0n) is 13.7. The molecule has 0 N–H and O–H groups in total. The van der Waals surface area contributed by atoms with Gasteiger partial charge in [-0.25, -0.2) is 4.79 Å². The number of hydroxylamine groups is 2. The van der Waals surface area contributed by atoms with Crippen molar-refractivity contribution in [3.63, 3.8) is 0 Å². The lowest BCUT2D eigenvalue weighted by Gasteiger charge is -2.18. The first-order chi connectivity index (χ1) is 11.1. The zero-order valence-corrected chi connectivity index (χ0v) is 13.7. The van der Waals surface area contributed by atoms with Gasteiger partial charge < -0.3 is 19.0 Å². The summed E-state index contributed by atoms with van der Waals surface area (Å²) in [5, 5.41) is 0.501. The molecule has 8 heteroatoms. The van der Waals surface area contributed by atoms with Gasteiger partial charge in [0.05, 0.1) is 13.2 Å². The minimum Gasteiger partial charge on any atom is -0.379 e. The van der Waals surface area contributed by atoms with Gasteiger partial charge in [-0.15, -0.1) is 5.06 Å². The zero-order chi connectivity index (χ0) is 17.1. The van der Waals surface area contributed by atoms with Gasteiger partial charge in [0.2, 0.25) is 0 Å². The van der Waals surface area contributed by atoms with Crippen LogP contribution in [-0.2, 0) is 33.4 Å². The summed E-state index contributed by atoms with van der Waals surface area (Å²) in [6.07, 6.45) is 1.63. The summed E-state index contributed by atoms with van der Waals surface area (Å²) < 4.78 is 16.2.